The van der Waals surface area contributed by atoms with E-state index < -0.39 is 17.6 Å². The molecule has 0 spiro atoms. The van der Waals surface area contributed by atoms with Gasteiger partial charge in [-0.15, -0.1) is 0 Å². The summed E-state index contributed by atoms with van der Waals surface area (Å²) < 4.78 is 15.4. The zero-order valence-corrected chi connectivity index (χ0v) is 15.0. The van der Waals surface area contributed by atoms with E-state index >= 15 is 0 Å². The van der Waals surface area contributed by atoms with Gasteiger partial charge in [-0.2, -0.15) is 0 Å². The number of hydrogen-bond donors (Lipinski definition) is 1. The van der Waals surface area contributed by atoms with Crippen molar-refractivity contribution in [3.63, 3.8) is 0 Å². The highest BCUT2D eigenvalue weighted by atomic mass is 16.6. The molecule has 0 aromatic heterocycles. The molecule has 1 atom stereocenters. The zero-order valence-electron chi connectivity index (χ0n) is 15.0. The average Bonchev–Trinajstić information content (AvgIpc) is 2.50. The first-order valence-electron chi connectivity index (χ1n) is 8.01. The Labute approximate surface area is 143 Å². The monoisotopic (exact) mass is 337 g/mol. The van der Waals surface area contributed by atoms with Gasteiger partial charge in [0.15, 0.2) is 0 Å². The molecule has 0 saturated heterocycles. The maximum atomic E-state index is 12.1. The van der Waals surface area contributed by atoms with Crippen LogP contribution in [0.1, 0.15) is 33.3 Å². The highest BCUT2D eigenvalue weighted by Gasteiger charge is 2.23. The summed E-state index contributed by atoms with van der Waals surface area (Å²) in [4.78, 5) is 23.9. The minimum atomic E-state index is -0.584. The van der Waals surface area contributed by atoms with Crippen molar-refractivity contribution < 1.29 is 23.8 Å². The molecule has 0 fully saturated rings. The van der Waals surface area contributed by atoms with E-state index in [1.165, 1.54) is 0 Å². The molecule has 0 saturated carbocycles. The second kappa shape index (κ2) is 9.15. The van der Waals surface area contributed by atoms with Crippen LogP contribution in [0.3, 0.4) is 0 Å². The van der Waals surface area contributed by atoms with E-state index in [1.807, 2.05) is 24.3 Å². The molecule has 0 radical (unpaired) electrons. The van der Waals surface area contributed by atoms with E-state index in [9.17, 15) is 9.59 Å². The standard InChI is InChI=1S/C18H27NO5/c1-6-23-16(20)14(12-19-17(21)24-18(2,3)4)11-13-7-9-15(22-5)10-8-13/h7-10,14H,6,11-12H2,1-5H3,(H,19,21). The average molecular weight is 337 g/mol. The lowest BCUT2D eigenvalue weighted by Gasteiger charge is -2.21. The molecule has 1 unspecified atom stereocenters. The molecular weight excluding hydrogens is 310 g/mol. The molecule has 0 aliphatic carbocycles. The summed E-state index contributed by atoms with van der Waals surface area (Å²) in [7, 11) is 1.60. The molecule has 0 heterocycles. The van der Waals surface area contributed by atoms with E-state index in [0.717, 1.165) is 11.3 Å². The number of esters is 1. The third-order valence-corrected chi connectivity index (χ3v) is 3.15. The zero-order chi connectivity index (χ0) is 18.2. The quantitative estimate of drug-likeness (QED) is 0.774. The molecule has 134 valence electrons. The number of benzene rings is 1. The number of amides is 1. The van der Waals surface area contributed by atoms with Crippen molar-refractivity contribution in [3.05, 3.63) is 29.8 Å². The van der Waals surface area contributed by atoms with Gasteiger partial charge in [0, 0.05) is 6.54 Å². The SMILES string of the molecule is CCOC(=O)C(CNC(=O)OC(C)(C)C)Cc1ccc(OC)cc1. The van der Waals surface area contributed by atoms with E-state index in [4.69, 9.17) is 14.2 Å². The Balaban J connectivity index is 2.69. The second-order valence-electron chi connectivity index (χ2n) is 6.38. The summed E-state index contributed by atoms with van der Waals surface area (Å²) in [6, 6.07) is 7.44. The van der Waals surface area contributed by atoms with Crippen LogP contribution >= 0.6 is 0 Å². The van der Waals surface area contributed by atoms with Crippen molar-refractivity contribution in [1.29, 1.82) is 0 Å². The molecular formula is C18H27NO5. The number of carbonyl (C=O) groups is 2. The van der Waals surface area contributed by atoms with Crippen LogP contribution in [-0.2, 0) is 20.7 Å². The van der Waals surface area contributed by atoms with E-state index in [2.05, 4.69) is 5.32 Å². The molecule has 0 aliphatic heterocycles. The van der Waals surface area contributed by atoms with Crippen molar-refractivity contribution in [2.75, 3.05) is 20.3 Å². The molecule has 0 bridgehead atoms. The van der Waals surface area contributed by atoms with Crippen LogP contribution in [-0.4, -0.2) is 37.9 Å². The number of rotatable bonds is 7. The fourth-order valence-electron chi connectivity index (χ4n) is 2.07. The third kappa shape index (κ3) is 7.35. The summed E-state index contributed by atoms with van der Waals surface area (Å²) in [5.74, 6) is -0.0754. The number of carbonyl (C=O) groups excluding carboxylic acids is 2. The second-order valence-corrected chi connectivity index (χ2v) is 6.38. The highest BCUT2D eigenvalue weighted by Crippen LogP contribution is 2.16. The molecule has 1 aromatic rings. The topological polar surface area (TPSA) is 73.9 Å². The van der Waals surface area contributed by atoms with Gasteiger partial charge in [-0.1, -0.05) is 12.1 Å². The highest BCUT2D eigenvalue weighted by molar-refractivity contribution is 5.74. The molecule has 1 rings (SSSR count). The minimum absolute atomic E-state index is 0.153. The fourth-order valence-corrected chi connectivity index (χ4v) is 2.07. The lowest BCUT2D eigenvalue weighted by Crippen LogP contribution is -2.38. The van der Waals surface area contributed by atoms with Crippen molar-refractivity contribution in [2.24, 2.45) is 5.92 Å². The minimum Gasteiger partial charge on any atom is -0.497 e. The Morgan fingerprint density at radius 1 is 1.17 bits per heavy atom. The van der Waals surface area contributed by atoms with Crippen LogP contribution in [0, 0.1) is 5.92 Å². The molecule has 6 nitrogen and oxygen atoms in total. The van der Waals surface area contributed by atoms with Crippen LogP contribution in [0.15, 0.2) is 24.3 Å². The molecule has 6 heteroatoms. The predicted octanol–water partition coefficient (Wildman–Crippen LogP) is 2.94. The molecule has 24 heavy (non-hydrogen) atoms. The normalized spacial score (nSPS) is 12.2. The van der Waals surface area contributed by atoms with Gasteiger partial charge in [0.05, 0.1) is 19.6 Å². The summed E-state index contributed by atoms with van der Waals surface area (Å²) in [6.45, 7) is 7.56. The Kier molecular flexibility index (Phi) is 7.55. The van der Waals surface area contributed by atoms with Crippen LogP contribution < -0.4 is 10.1 Å². The van der Waals surface area contributed by atoms with Gasteiger partial charge in [0.2, 0.25) is 0 Å². The van der Waals surface area contributed by atoms with Gasteiger partial charge >= 0.3 is 12.1 Å². The molecule has 1 amide bonds. The largest absolute Gasteiger partial charge is 0.497 e. The first-order chi connectivity index (χ1) is 11.2. The van der Waals surface area contributed by atoms with Gasteiger partial charge in [0.1, 0.15) is 11.4 Å². The first kappa shape index (κ1) is 19.8. The van der Waals surface area contributed by atoms with Crippen LogP contribution in [0.5, 0.6) is 5.75 Å². The van der Waals surface area contributed by atoms with Gasteiger partial charge in [0.25, 0.3) is 0 Å². The predicted molar refractivity (Wildman–Crippen MR) is 91.1 cm³/mol. The Morgan fingerprint density at radius 3 is 2.29 bits per heavy atom. The van der Waals surface area contributed by atoms with Crippen LogP contribution in [0.25, 0.3) is 0 Å². The van der Waals surface area contributed by atoms with Gasteiger partial charge in [-0.3, -0.25) is 4.79 Å². The maximum absolute atomic E-state index is 12.1. The summed E-state index contributed by atoms with van der Waals surface area (Å²) in [5.41, 5.74) is 0.374. The smallest absolute Gasteiger partial charge is 0.407 e. The number of alkyl carbamates (subject to hydrolysis) is 1. The lowest BCUT2D eigenvalue weighted by molar-refractivity contribution is -0.147. The Hall–Kier alpha value is -2.24. The Morgan fingerprint density at radius 2 is 1.79 bits per heavy atom. The van der Waals surface area contributed by atoms with Crippen LogP contribution in [0.2, 0.25) is 0 Å². The lowest BCUT2D eigenvalue weighted by atomic mass is 9.99. The van der Waals surface area contributed by atoms with Gasteiger partial charge in [-0.05, 0) is 51.8 Å². The molecule has 1 N–H and O–H groups in total. The van der Waals surface area contributed by atoms with Gasteiger partial charge in [-0.25, -0.2) is 4.79 Å². The van der Waals surface area contributed by atoms with E-state index in [1.54, 1.807) is 34.8 Å². The number of nitrogens with one attached hydrogen (secondary N) is 1. The fraction of sp³-hybridized carbons (Fsp3) is 0.556. The maximum Gasteiger partial charge on any atom is 0.407 e. The molecule has 1 aromatic carbocycles. The van der Waals surface area contributed by atoms with Crippen molar-refractivity contribution in [1.82, 2.24) is 5.32 Å². The summed E-state index contributed by atoms with van der Waals surface area (Å²) in [6.07, 6.45) is -0.0925. The van der Waals surface area contributed by atoms with Crippen molar-refractivity contribution in [3.8, 4) is 5.75 Å². The van der Waals surface area contributed by atoms with E-state index in [-0.39, 0.29) is 12.5 Å². The first-order valence-corrected chi connectivity index (χ1v) is 8.01. The van der Waals surface area contributed by atoms with Crippen LogP contribution in [0.4, 0.5) is 4.79 Å². The number of hydrogen-bond acceptors (Lipinski definition) is 5. The van der Waals surface area contributed by atoms with E-state index in [0.29, 0.717) is 13.0 Å². The number of methoxy groups -OCH3 is 1. The number of ether oxygens (including phenoxy) is 3. The summed E-state index contributed by atoms with van der Waals surface area (Å²) >= 11 is 0. The summed E-state index contributed by atoms with van der Waals surface area (Å²) in [5, 5.41) is 2.63. The van der Waals surface area contributed by atoms with Crippen molar-refractivity contribution in [2.45, 2.75) is 39.7 Å². The van der Waals surface area contributed by atoms with Crippen molar-refractivity contribution >= 4 is 12.1 Å². The Bertz CT molecular complexity index is 533. The third-order valence-electron chi connectivity index (χ3n) is 3.15. The molecule has 0 aliphatic rings. The van der Waals surface area contributed by atoms with Gasteiger partial charge < -0.3 is 19.5 Å².